The lowest BCUT2D eigenvalue weighted by molar-refractivity contribution is 0.595. The summed E-state index contributed by atoms with van der Waals surface area (Å²) >= 11 is 0. The van der Waals surface area contributed by atoms with Gasteiger partial charge in [-0.2, -0.15) is 0 Å². The molecule has 0 radical (unpaired) electrons. The van der Waals surface area contributed by atoms with Crippen molar-refractivity contribution in [3.05, 3.63) is 29.8 Å². The van der Waals surface area contributed by atoms with Gasteiger partial charge in [-0.25, -0.2) is 8.42 Å². The Kier molecular flexibility index (Phi) is 3.54. The SMILES string of the molecule is CC(CS(C)=O)N=C1NS(=O)(=O)c2ccccc21. The first-order valence-electron chi connectivity index (χ1n) is 5.40. The van der Waals surface area contributed by atoms with E-state index in [9.17, 15) is 12.6 Å². The van der Waals surface area contributed by atoms with Crippen molar-refractivity contribution in [3.8, 4) is 0 Å². The van der Waals surface area contributed by atoms with Gasteiger partial charge in [0.05, 0.1) is 10.9 Å². The van der Waals surface area contributed by atoms with E-state index >= 15 is 0 Å². The van der Waals surface area contributed by atoms with Crippen LogP contribution in [0.1, 0.15) is 12.5 Å². The average Bonchev–Trinajstić information content (AvgIpc) is 2.50. The van der Waals surface area contributed by atoms with E-state index in [-0.39, 0.29) is 10.9 Å². The molecular formula is C11H14N2O3S2. The number of nitrogens with one attached hydrogen (secondary N) is 1. The van der Waals surface area contributed by atoms with Gasteiger partial charge in [-0.3, -0.25) is 13.9 Å². The molecule has 1 aliphatic heterocycles. The van der Waals surface area contributed by atoms with E-state index in [4.69, 9.17) is 0 Å². The summed E-state index contributed by atoms with van der Waals surface area (Å²) in [6.45, 7) is 1.81. The minimum atomic E-state index is -3.49. The summed E-state index contributed by atoms with van der Waals surface area (Å²) in [5.41, 5.74) is 0.575. The molecule has 0 fully saturated rings. The zero-order valence-corrected chi connectivity index (χ0v) is 11.7. The lowest BCUT2D eigenvalue weighted by Crippen LogP contribution is -2.24. The highest BCUT2D eigenvalue weighted by atomic mass is 32.2. The van der Waals surface area contributed by atoms with Gasteiger partial charge < -0.3 is 0 Å². The maximum atomic E-state index is 11.8. The fourth-order valence-corrected chi connectivity index (χ4v) is 3.82. The number of hydrogen-bond donors (Lipinski definition) is 1. The summed E-state index contributed by atoms with van der Waals surface area (Å²) in [4.78, 5) is 4.53. The van der Waals surface area contributed by atoms with Crippen LogP contribution in [-0.4, -0.2) is 36.5 Å². The van der Waals surface area contributed by atoms with Crippen molar-refractivity contribution in [1.29, 1.82) is 0 Å². The molecule has 0 saturated carbocycles. The third-order valence-electron chi connectivity index (χ3n) is 2.49. The van der Waals surface area contributed by atoms with Gasteiger partial charge in [-0.1, -0.05) is 12.1 Å². The van der Waals surface area contributed by atoms with Crippen LogP contribution in [0, 0.1) is 0 Å². The molecule has 2 unspecified atom stereocenters. The number of rotatable bonds is 3. The second-order valence-corrected chi connectivity index (χ2v) is 7.30. The molecule has 2 atom stereocenters. The summed E-state index contributed by atoms with van der Waals surface area (Å²) < 4.78 is 37.2. The number of hydrogen-bond acceptors (Lipinski definition) is 4. The topological polar surface area (TPSA) is 75.6 Å². The lowest BCUT2D eigenvalue weighted by atomic mass is 10.2. The molecule has 2 rings (SSSR count). The van der Waals surface area contributed by atoms with E-state index in [0.29, 0.717) is 17.2 Å². The molecule has 18 heavy (non-hydrogen) atoms. The van der Waals surface area contributed by atoms with Crippen LogP contribution in [0.5, 0.6) is 0 Å². The highest BCUT2D eigenvalue weighted by molar-refractivity contribution is 7.90. The Morgan fingerprint density at radius 1 is 1.39 bits per heavy atom. The van der Waals surface area contributed by atoms with Gasteiger partial charge in [0.2, 0.25) is 0 Å². The molecular weight excluding hydrogens is 272 g/mol. The maximum absolute atomic E-state index is 11.8. The minimum absolute atomic E-state index is 0.195. The van der Waals surface area contributed by atoms with Crippen molar-refractivity contribution in [2.75, 3.05) is 12.0 Å². The monoisotopic (exact) mass is 286 g/mol. The van der Waals surface area contributed by atoms with Gasteiger partial charge in [-0.15, -0.1) is 0 Å². The van der Waals surface area contributed by atoms with Crippen LogP contribution in [0.3, 0.4) is 0 Å². The third-order valence-corrected chi connectivity index (χ3v) is 4.84. The van der Waals surface area contributed by atoms with Gasteiger partial charge in [0.1, 0.15) is 5.84 Å². The maximum Gasteiger partial charge on any atom is 0.263 e. The third kappa shape index (κ3) is 2.62. The van der Waals surface area contributed by atoms with Crippen molar-refractivity contribution in [3.63, 3.8) is 0 Å². The van der Waals surface area contributed by atoms with E-state index in [1.165, 1.54) is 0 Å². The Morgan fingerprint density at radius 3 is 2.72 bits per heavy atom. The van der Waals surface area contributed by atoms with E-state index < -0.39 is 20.8 Å². The smallest absolute Gasteiger partial charge is 0.263 e. The summed E-state index contributed by atoms with van der Waals surface area (Å²) in [6.07, 6.45) is 1.60. The molecule has 0 aromatic heterocycles. The normalized spacial score (nSPS) is 22.2. The molecule has 7 heteroatoms. The van der Waals surface area contributed by atoms with E-state index in [2.05, 4.69) is 9.71 Å². The van der Waals surface area contributed by atoms with Crippen LogP contribution >= 0.6 is 0 Å². The van der Waals surface area contributed by atoms with Crippen LogP contribution in [0.2, 0.25) is 0 Å². The van der Waals surface area contributed by atoms with Crippen LogP contribution < -0.4 is 4.72 Å². The van der Waals surface area contributed by atoms with Crippen LogP contribution in [0.25, 0.3) is 0 Å². The van der Waals surface area contributed by atoms with Crippen molar-refractivity contribution in [2.24, 2.45) is 4.99 Å². The molecule has 1 aromatic rings. The number of amidine groups is 1. The molecule has 0 saturated heterocycles. The van der Waals surface area contributed by atoms with E-state index in [1.807, 2.05) is 6.92 Å². The largest absolute Gasteiger partial charge is 0.263 e. The summed E-state index contributed by atoms with van der Waals surface area (Å²) in [5, 5.41) is 0. The highest BCUT2D eigenvalue weighted by Crippen LogP contribution is 2.22. The zero-order valence-electron chi connectivity index (χ0n) is 10.1. The van der Waals surface area contributed by atoms with Crippen LogP contribution in [-0.2, 0) is 20.8 Å². The number of benzene rings is 1. The summed E-state index contributed by atoms with van der Waals surface area (Å²) in [6, 6.07) is 6.49. The Hall–Kier alpha value is -1.21. The standard InChI is InChI=1S/C11H14N2O3S2/c1-8(7-17(2)14)12-11-9-5-3-4-6-10(9)18(15,16)13-11/h3-6,8H,7H2,1-2H3,(H,12,13). The first-order chi connectivity index (χ1) is 8.40. The molecule has 1 aliphatic rings. The van der Waals surface area contributed by atoms with Crippen molar-refractivity contribution < 1.29 is 12.6 Å². The van der Waals surface area contributed by atoms with Crippen LogP contribution in [0.15, 0.2) is 34.2 Å². The first kappa shape index (κ1) is 13.2. The Balaban J connectivity index is 2.39. The Morgan fingerprint density at radius 2 is 2.06 bits per heavy atom. The number of fused-ring (bicyclic) bond motifs is 1. The Labute approximate surface area is 109 Å². The number of aliphatic imine (C=N–C) groups is 1. The van der Waals surface area contributed by atoms with Crippen molar-refractivity contribution >= 4 is 26.7 Å². The summed E-state index contributed by atoms with van der Waals surface area (Å²) in [5.74, 6) is 0.747. The average molecular weight is 286 g/mol. The van der Waals surface area contributed by atoms with Crippen LogP contribution in [0.4, 0.5) is 0 Å². The predicted molar refractivity (Wildman–Crippen MR) is 71.7 cm³/mol. The second kappa shape index (κ2) is 4.81. The van der Waals surface area contributed by atoms with E-state index in [1.54, 1.807) is 30.5 Å². The van der Waals surface area contributed by atoms with Crippen molar-refractivity contribution in [2.45, 2.75) is 17.9 Å². The van der Waals surface area contributed by atoms with E-state index in [0.717, 1.165) is 0 Å². The number of nitrogens with zero attached hydrogens (tertiary/aromatic N) is 1. The first-order valence-corrected chi connectivity index (χ1v) is 8.61. The predicted octanol–water partition coefficient (Wildman–Crippen LogP) is 0.492. The minimum Gasteiger partial charge on any atom is -0.263 e. The molecule has 1 heterocycles. The van der Waals surface area contributed by atoms with Gasteiger partial charge in [0.25, 0.3) is 10.0 Å². The molecule has 0 spiro atoms. The van der Waals surface area contributed by atoms with Gasteiger partial charge in [-0.05, 0) is 19.1 Å². The molecule has 1 aromatic carbocycles. The van der Waals surface area contributed by atoms with Crippen molar-refractivity contribution in [1.82, 2.24) is 4.72 Å². The van der Waals surface area contributed by atoms with Gasteiger partial charge >= 0.3 is 0 Å². The highest BCUT2D eigenvalue weighted by Gasteiger charge is 2.30. The zero-order chi connectivity index (χ0) is 13.3. The fourth-order valence-electron chi connectivity index (χ4n) is 1.83. The molecule has 5 nitrogen and oxygen atoms in total. The van der Waals surface area contributed by atoms with Gasteiger partial charge in [0, 0.05) is 28.4 Å². The second-order valence-electron chi connectivity index (χ2n) is 4.17. The summed E-state index contributed by atoms with van der Waals surface area (Å²) in [7, 11) is -4.44. The molecule has 0 aliphatic carbocycles. The lowest BCUT2D eigenvalue weighted by Gasteiger charge is -2.05. The molecule has 0 amide bonds. The van der Waals surface area contributed by atoms with Gasteiger partial charge in [0.15, 0.2) is 0 Å². The quantitative estimate of drug-likeness (QED) is 0.878. The molecule has 98 valence electrons. The molecule has 0 bridgehead atoms. The molecule has 1 N–H and O–H groups in total. The Bertz CT molecular complexity index is 623. The number of sulfonamides is 1. The fraction of sp³-hybridized carbons (Fsp3) is 0.364.